The Hall–Kier alpha value is -2.75. The van der Waals surface area contributed by atoms with Crippen molar-refractivity contribution in [2.24, 2.45) is 0 Å². The molecule has 0 amide bonds. The zero-order chi connectivity index (χ0) is 21.6. The lowest BCUT2D eigenvalue weighted by molar-refractivity contribution is 0.305. The molecule has 10 heteroatoms. The van der Waals surface area contributed by atoms with E-state index in [1.165, 1.54) is 11.8 Å². The second-order valence-electron chi connectivity index (χ2n) is 6.30. The van der Waals surface area contributed by atoms with Gasteiger partial charge < -0.3 is 14.2 Å². The SMILES string of the molecule is COc1ccc(-c2nc(SCc3csc(COc4ccc(Cl)cc4)n3)n[nH]2)c(OC)c1. The van der Waals surface area contributed by atoms with Crippen LogP contribution in [0.15, 0.2) is 53.0 Å². The van der Waals surface area contributed by atoms with Crippen molar-refractivity contribution in [1.29, 1.82) is 0 Å². The monoisotopic (exact) mass is 474 g/mol. The number of halogens is 1. The molecule has 0 aliphatic carbocycles. The Labute approximate surface area is 192 Å². The highest BCUT2D eigenvalue weighted by molar-refractivity contribution is 7.98. The number of aromatic nitrogens is 4. The first-order valence-electron chi connectivity index (χ1n) is 9.24. The topological polar surface area (TPSA) is 82.2 Å². The zero-order valence-electron chi connectivity index (χ0n) is 16.8. The maximum atomic E-state index is 5.89. The summed E-state index contributed by atoms with van der Waals surface area (Å²) in [6.45, 7) is 0.416. The predicted molar refractivity (Wildman–Crippen MR) is 122 cm³/mol. The number of nitrogens with zero attached hydrogens (tertiary/aromatic N) is 3. The number of aromatic amines is 1. The number of hydrogen-bond donors (Lipinski definition) is 1. The van der Waals surface area contributed by atoms with Crippen molar-refractivity contribution in [3.05, 3.63) is 63.6 Å². The second kappa shape index (κ2) is 10.0. The molecule has 0 atom stereocenters. The first-order valence-corrected chi connectivity index (χ1v) is 11.5. The molecule has 0 aliphatic rings. The van der Waals surface area contributed by atoms with Gasteiger partial charge in [0.15, 0.2) is 5.82 Å². The van der Waals surface area contributed by atoms with E-state index in [9.17, 15) is 0 Å². The molecule has 0 fully saturated rings. The molecule has 0 saturated carbocycles. The van der Waals surface area contributed by atoms with Crippen molar-refractivity contribution in [1.82, 2.24) is 20.2 Å². The molecule has 4 rings (SSSR count). The van der Waals surface area contributed by atoms with E-state index in [2.05, 4.69) is 20.2 Å². The Morgan fingerprint density at radius 3 is 2.61 bits per heavy atom. The lowest BCUT2D eigenvalue weighted by Gasteiger charge is -2.07. The van der Waals surface area contributed by atoms with Gasteiger partial charge in [0.25, 0.3) is 0 Å². The van der Waals surface area contributed by atoms with Crippen LogP contribution in [0.5, 0.6) is 17.2 Å². The van der Waals surface area contributed by atoms with Crippen molar-refractivity contribution in [2.75, 3.05) is 14.2 Å². The highest BCUT2D eigenvalue weighted by atomic mass is 35.5. The molecule has 0 spiro atoms. The molecule has 2 heterocycles. The molecule has 0 aliphatic heterocycles. The molecule has 1 N–H and O–H groups in total. The molecule has 2 aromatic heterocycles. The highest BCUT2D eigenvalue weighted by Gasteiger charge is 2.13. The fraction of sp³-hybridized carbons (Fsp3) is 0.190. The van der Waals surface area contributed by atoms with Crippen LogP contribution >= 0.6 is 34.7 Å². The molecule has 2 aromatic carbocycles. The summed E-state index contributed by atoms with van der Waals surface area (Å²) in [7, 11) is 3.23. The Kier molecular flexibility index (Phi) is 6.96. The Morgan fingerprint density at radius 1 is 1.03 bits per heavy atom. The molecule has 0 radical (unpaired) electrons. The molecule has 160 valence electrons. The van der Waals surface area contributed by atoms with Crippen LogP contribution in [-0.4, -0.2) is 34.4 Å². The molecular weight excluding hydrogens is 456 g/mol. The van der Waals surface area contributed by atoms with Gasteiger partial charge in [-0.25, -0.2) is 9.97 Å². The summed E-state index contributed by atoms with van der Waals surface area (Å²) in [4.78, 5) is 9.18. The minimum atomic E-state index is 0.416. The number of hydrogen-bond acceptors (Lipinski definition) is 8. The third-order valence-corrected chi connectivity index (χ3v) is 6.26. The van der Waals surface area contributed by atoms with Crippen LogP contribution in [0.1, 0.15) is 10.7 Å². The zero-order valence-corrected chi connectivity index (χ0v) is 19.2. The lowest BCUT2D eigenvalue weighted by Crippen LogP contribution is -1.95. The number of thioether (sulfide) groups is 1. The highest BCUT2D eigenvalue weighted by Crippen LogP contribution is 2.32. The fourth-order valence-corrected chi connectivity index (χ4v) is 4.35. The number of nitrogens with one attached hydrogen (secondary N) is 1. The standard InChI is InChI=1S/C21H19ClN4O3S2/c1-27-16-7-8-17(18(9-16)28-2)20-24-21(26-25-20)31-12-14-11-30-19(23-14)10-29-15-5-3-13(22)4-6-15/h3-9,11H,10,12H2,1-2H3,(H,24,25,26). The minimum Gasteiger partial charge on any atom is -0.497 e. The van der Waals surface area contributed by atoms with E-state index in [4.69, 9.17) is 25.8 Å². The maximum absolute atomic E-state index is 5.89. The van der Waals surface area contributed by atoms with Gasteiger partial charge in [-0.3, -0.25) is 5.10 Å². The van der Waals surface area contributed by atoms with E-state index >= 15 is 0 Å². The number of benzene rings is 2. The normalized spacial score (nSPS) is 10.8. The van der Waals surface area contributed by atoms with E-state index in [0.29, 0.717) is 39.9 Å². The molecule has 31 heavy (non-hydrogen) atoms. The summed E-state index contributed by atoms with van der Waals surface area (Å²) in [6.07, 6.45) is 0. The molecule has 4 aromatic rings. The molecule has 0 saturated heterocycles. The van der Waals surface area contributed by atoms with Gasteiger partial charge in [-0.05, 0) is 36.4 Å². The third-order valence-electron chi connectivity index (χ3n) is 4.25. The Morgan fingerprint density at radius 2 is 1.84 bits per heavy atom. The van der Waals surface area contributed by atoms with E-state index < -0.39 is 0 Å². The van der Waals surface area contributed by atoms with Crippen LogP contribution in [0.2, 0.25) is 5.02 Å². The van der Waals surface area contributed by atoms with Crippen LogP contribution in [-0.2, 0) is 12.4 Å². The smallest absolute Gasteiger partial charge is 0.209 e. The van der Waals surface area contributed by atoms with Gasteiger partial charge in [-0.1, -0.05) is 23.4 Å². The largest absolute Gasteiger partial charge is 0.497 e. The third kappa shape index (κ3) is 5.49. The second-order valence-corrected chi connectivity index (χ2v) is 8.62. The van der Waals surface area contributed by atoms with E-state index in [1.807, 2.05) is 35.7 Å². The van der Waals surface area contributed by atoms with Gasteiger partial charge in [0.1, 0.15) is 28.9 Å². The van der Waals surface area contributed by atoms with Crippen molar-refractivity contribution >= 4 is 34.7 Å². The summed E-state index contributed by atoms with van der Waals surface area (Å²) in [6, 6.07) is 12.8. The number of H-pyrrole nitrogens is 1. The molecule has 0 bridgehead atoms. The average Bonchev–Trinajstić information content (AvgIpc) is 3.46. The lowest BCUT2D eigenvalue weighted by atomic mass is 10.2. The summed E-state index contributed by atoms with van der Waals surface area (Å²) >= 11 is 8.96. The van der Waals surface area contributed by atoms with Gasteiger partial charge in [0.2, 0.25) is 5.16 Å². The van der Waals surface area contributed by atoms with Crippen molar-refractivity contribution in [3.63, 3.8) is 0 Å². The molecule has 0 unspecified atom stereocenters. The maximum Gasteiger partial charge on any atom is 0.209 e. The Balaban J connectivity index is 1.34. The van der Waals surface area contributed by atoms with Crippen LogP contribution in [0.25, 0.3) is 11.4 Å². The predicted octanol–water partition coefficient (Wildman–Crippen LogP) is 5.47. The summed E-state index contributed by atoms with van der Waals surface area (Å²) in [5, 5.41) is 11.5. The van der Waals surface area contributed by atoms with Crippen molar-refractivity contribution in [2.45, 2.75) is 17.5 Å². The van der Waals surface area contributed by atoms with Crippen molar-refractivity contribution in [3.8, 4) is 28.6 Å². The van der Waals surface area contributed by atoms with E-state index in [0.717, 1.165) is 22.0 Å². The van der Waals surface area contributed by atoms with Gasteiger partial charge in [0, 0.05) is 22.2 Å². The first kappa shape index (κ1) is 21.5. The van der Waals surface area contributed by atoms with Crippen LogP contribution in [0.4, 0.5) is 0 Å². The van der Waals surface area contributed by atoms with Gasteiger partial charge in [0.05, 0.1) is 25.5 Å². The van der Waals surface area contributed by atoms with Gasteiger partial charge in [-0.15, -0.1) is 16.4 Å². The van der Waals surface area contributed by atoms with E-state index in [-0.39, 0.29) is 0 Å². The van der Waals surface area contributed by atoms with Crippen LogP contribution in [0, 0.1) is 0 Å². The van der Waals surface area contributed by atoms with Crippen LogP contribution < -0.4 is 14.2 Å². The quantitative estimate of drug-likeness (QED) is 0.322. The fourth-order valence-electron chi connectivity index (χ4n) is 2.72. The number of ether oxygens (including phenoxy) is 3. The molecule has 7 nitrogen and oxygen atoms in total. The minimum absolute atomic E-state index is 0.416. The van der Waals surface area contributed by atoms with Crippen molar-refractivity contribution < 1.29 is 14.2 Å². The van der Waals surface area contributed by atoms with Crippen LogP contribution in [0.3, 0.4) is 0 Å². The summed E-state index contributed by atoms with van der Waals surface area (Å²) < 4.78 is 16.4. The summed E-state index contributed by atoms with van der Waals surface area (Å²) in [5.74, 6) is 3.44. The molecular formula is C21H19ClN4O3S2. The number of thiazole rings is 1. The number of rotatable bonds is 9. The number of methoxy groups -OCH3 is 2. The van der Waals surface area contributed by atoms with Gasteiger partial charge >= 0.3 is 0 Å². The Bertz CT molecular complexity index is 1150. The van der Waals surface area contributed by atoms with Gasteiger partial charge in [-0.2, -0.15) is 0 Å². The summed E-state index contributed by atoms with van der Waals surface area (Å²) in [5.41, 5.74) is 1.77. The first-order chi connectivity index (χ1) is 15.1. The average molecular weight is 475 g/mol. The van der Waals surface area contributed by atoms with E-state index in [1.54, 1.807) is 37.7 Å².